The molecule has 2 saturated heterocycles. The van der Waals surface area contributed by atoms with Crippen molar-refractivity contribution in [2.24, 2.45) is 0 Å². The maximum absolute atomic E-state index is 14.0. The average Bonchev–Trinajstić information content (AvgIpc) is 3.35. The molecule has 5 heterocycles. The number of nitrogens with one attached hydrogen (secondary N) is 1. The number of halogens is 4. The van der Waals surface area contributed by atoms with Gasteiger partial charge in [0.1, 0.15) is 30.0 Å². The van der Waals surface area contributed by atoms with E-state index in [1.54, 1.807) is 16.5 Å². The highest BCUT2D eigenvalue weighted by molar-refractivity contribution is 6.31. The molecule has 3 aliphatic rings. The van der Waals surface area contributed by atoms with Gasteiger partial charge in [0.2, 0.25) is 0 Å². The molecule has 3 aromatic rings. The number of nitrogens with zero attached hydrogens (tertiary/aromatic N) is 6. The van der Waals surface area contributed by atoms with Gasteiger partial charge in [0.15, 0.2) is 5.65 Å². The van der Waals surface area contributed by atoms with E-state index in [0.717, 1.165) is 12.8 Å². The van der Waals surface area contributed by atoms with Gasteiger partial charge in [-0.1, -0.05) is 11.6 Å². The summed E-state index contributed by atoms with van der Waals surface area (Å²) in [5.41, 5.74) is 1.34. The zero-order valence-corrected chi connectivity index (χ0v) is 23.2. The molecule has 0 aliphatic carbocycles. The second-order valence-electron chi connectivity index (χ2n) is 10.8. The number of aliphatic hydroxyl groups excluding tert-OH is 1. The van der Waals surface area contributed by atoms with Crippen LogP contribution in [0.2, 0.25) is 5.02 Å². The van der Waals surface area contributed by atoms with Crippen LogP contribution in [0.25, 0.3) is 5.65 Å². The molecule has 0 saturated carbocycles. The SMILES string of the molecule is CN1CCNC(C(F)(F)F)COc2ccc(Cl)cc2C(=O)N2CCCC[C@H]2c2cc3nc(N4CC(O)C4)cc1n3n2. The third kappa shape index (κ3) is 5.50. The first-order valence-electron chi connectivity index (χ1n) is 13.7. The van der Waals surface area contributed by atoms with E-state index in [2.05, 4.69) is 5.32 Å². The quantitative estimate of drug-likeness (QED) is 0.444. The van der Waals surface area contributed by atoms with E-state index < -0.39 is 24.9 Å². The molecule has 3 aliphatic heterocycles. The van der Waals surface area contributed by atoms with Crippen molar-refractivity contribution >= 4 is 34.8 Å². The number of hydrogen-bond donors (Lipinski definition) is 2. The van der Waals surface area contributed by atoms with E-state index in [0.29, 0.717) is 49.0 Å². The zero-order valence-electron chi connectivity index (χ0n) is 22.4. The van der Waals surface area contributed by atoms with Crippen molar-refractivity contribution in [1.82, 2.24) is 24.8 Å². The van der Waals surface area contributed by atoms with E-state index >= 15 is 0 Å². The Morgan fingerprint density at radius 3 is 2.71 bits per heavy atom. The number of ether oxygens (including phenoxy) is 1. The van der Waals surface area contributed by atoms with E-state index in [4.69, 9.17) is 26.4 Å². The smallest absolute Gasteiger partial charge is 0.407 e. The number of β-amino-alcohol motifs (C(OH)–C–C–N with tert-alkyl or cyclic N) is 1. The Bertz CT molecular complexity index is 1450. The number of likely N-dealkylation sites (N-methyl/N-ethyl adjacent to an activating group) is 1. The minimum Gasteiger partial charge on any atom is -0.491 e. The van der Waals surface area contributed by atoms with Crippen LogP contribution in [0.4, 0.5) is 24.8 Å². The van der Waals surface area contributed by atoms with Crippen molar-refractivity contribution in [3.05, 3.63) is 46.6 Å². The predicted octanol–water partition coefficient (Wildman–Crippen LogP) is 3.28. The monoisotopic (exact) mass is 593 g/mol. The summed E-state index contributed by atoms with van der Waals surface area (Å²) in [5, 5.41) is 17.6. The third-order valence-electron chi connectivity index (χ3n) is 7.91. The number of rotatable bonds is 1. The van der Waals surface area contributed by atoms with Crippen LogP contribution in [0.1, 0.15) is 41.4 Å². The fourth-order valence-electron chi connectivity index (χ4n) is 5.60. The van der Waals surface area contributed by atoms with Crippen LogP contribution < -0.4 is 19.9 Å². The summed E-state index contributed by atoms with van der Waals surface area (Å²) in [6, 6.07) is 5.73. The summed E-state index contributed by atoms with van der Waals surface area (Å²) in [7, 11) is 1.78. The molecule has 14 heteroatoms. The molecule has 2 atom stereocenters. The molecule has 2 N–H and O–H groups in total. The lowest BCUT2D eigenvalue weighted by Crippen LogP contribution is -2.51. The first-order chi connectivity index (χ1) is 19.6. The minimum absolute atomic E-state index is 0.00253. The molecule has 1 aromatic carbocycles. The largest absolute Gasteiger partial charge is 0.491 e. The average molecular weight is 594 g/mol. The van der Waals surface area contributed by atoms with Crippen molar-refractivity contribution in [2.45, 2.75) is 43.6 Å². The summed E-state index contributed by atoms with van der Waals surface area (Å²) in [5.74, 6) is 0.943. The molecule has 0 radical (unpaired) electrons. The number of benzene rings is 1. The number of aliphatic hydroxyl groups is 1. The maximum Gasteiger partial charge on any atom is 0.407 e. The lowest BCUT2D eigenvalue weighted by atomic mass is 9.98. The van der Waals surface area contributed by atoms with Gasteiger partial charge in [-0.3, -0.25) is 4.79 Å². The summed E-state index contributed by atoms with van der Waals surface area (Å²) in [6.07, 6.45) is -2.68. The zero-order chi connectivity index (χ0) is 28.9. The van der Waals surface area contributed by atoms with Crippen molar-refractivity contribution in [2.75, 3.05) is 56.2 Å². The van der Waals surface area contributed by atoms with Crippen LogP contribution in [0.15, 0.2) is 30.3 Å². The number of alkyl halides is 3. The number of carbonyl (C=O) groups excluding carboxylic acids is 1. The van der Waals surface area contributed by atoms with Gasteiger partial charge in [0.05, 0.1) is 23.4 Å². The highest BCUT2D eigenvalue weighted by Gasteiger charge is 2.40. The van der Waals surface area contributed by atoms with Crippen molar-refractivity contribution in [1.29, 1.82) is 0 Å². The van der Waals surface area contributed by atoms with Gasteiger partial charge in [-0.05, 0) is 37.5 Å². The Morgan fingerprint density at radius 2 is 1.95 bits per heavy atom. The molecule has 2 bridgehead atoms. The molecule has 220 valence electrons. The van der Waals surface area contributed by atoms with E-state index in [1.807, 2.05) is 21.9 Å². The number of hydrogen-bond acceptors (Lipinski definition) is 8. The van der Waals surface area contributed by atoms with Gasteiger partial charge in [-0.15, -0.1) is 0 Å². The standard InChI is InChI=1S/C27H31ClF3N7O3/c1-35-9-7-32-22(27(29,30)31)15-41-21-6-5-16(28)10-18(21)26(40)37-8-3-2-4-20(37)19-11-24-33-23(36-13-17(39)14-36)12-25(35)38(24)34-19/h5-6,10-12,17,20,22,32,39H,2-4,7-9,13-15H2,1H3/t20-,22?/m0/s1. The van der Waals surface area contributed by atoms with Crippen LogP contribution in [-0.4, -0.2) is 95.2 Å². The predicted molar refractivity (Wildman–Crippen MR) is 147 cm³/mol. The second-order valence-corrected chi connectivity index (χ2v) is 11.2. The van der Waals surface area contributed by atoms with Gasteiger partial charge in [0, 0.05) is 56.9 Å². The molecular formula is C27H31ClF3N7O3. The topological polar surface area (TPSA) is 98.5 Å². The normalized spacial score (nSPS) is 22.9. The number of fused-ring (bicyclic) bond motifs is 4. The van der Waals surface area contributed by atoms with Gasteiger partial charge in [-0.25, -0.2) is 4.98 Å². The first kappa shape index (κ1) is 27.9. The molecule has 1 unspecified atom stereocenters. The fourth-order valence-corrected chi connectivity index (χ4v) is 5.77. The highest BCUT2D eigenvalue weighted by atomic mass is 35.5. The Hall–Kier alpha value is -3.29. The Kier molecular flexibility index (Phi) is 7.37. The summed E-state index contributed by atoms with van der Waals surface area (Å²) < 4.78 is 49.2. The molecule has 10 nitrogen and oxygen atoms in total. The van der Waals surface area contributed by atoms with Crippen LogP contribution >= 0.6 is 11.6 Å². The second kappa shape index (κ2) is 10.8. The van der Waals surface area contributed by atoms with Crippen molar-refractivity contribution in [3.63, 3.8) is 0 Å². The van der Waals surface area contributed by atoms with Crippen molar-refractivity contribution in [3.8, 4) is 5.75 Å². The molecule has 6 rings (SSSR count). The Labute approximate surface area is 239 Å². The van der Waals surface area contributed by atoms with E-state index in [-0.39, 0.29) is 41.4 Å². The third-order valence-corrected chi connectivity index (χ3v) is 8.14. The maximum atomic E-state index is 14.0. The van der Waals surface area contributed by atoms with Gasteiger partial charge in [0.25, 0.3) is 5.91 Å². The van der Waals surface area contributed by atoms with E-state index in [9.17, 15) is 23.1 Å². The lowest BCUT2D eigenvalue weighted by molar-refractivity contribution is -0.161. The van der Waals surface area contributed by atoms with Crippen LogP contribution in [-0.2, 0) is 0 Å². The number of carbonyl (C=O) groups is 1. The van der Waals surface area contributed by atoms with Crippen LogP contribution in [0, 0.1) is 0 Å². The minimum atomic E-state index is -4.58. The molecule has 1 amide bonds. The highest BCUT2D eigenvalue weighted by Crippen LogP contribution is 2.36. The van der Waals surface area contributed by atoms with Gasteiger partial charge >= 0.3 is 6.18 Å². The van der Waals surface area contributed by atoms with E-state index in [1.165, 1.54) is 18.2 Å². The van der Waals surface area contributed by atoms with Gasteiger partial charge < -0.3 is 29.9 Å². The molecule has 2 aromatic heterocycles. The van der Waals surface area contributed by atoms with Crippen molar-refractivity contribution < 1.29 is 27.8 Å². The molecule has 41 heavy (non-hydrogen) atoms. The number of aromatic nitrogens is 3. The Morgan fingerprint density at radius 1 is 1.15 bits per heavy atom. The number of amides is 1. The molecule has 0 spiro atoms. The molecule has 2 fully saturated rings. The first-order valence-corrected chi connectivity index (χ1v) is 14.0. The Balaban J connectivity index is 1.46. The number of piperidine rings is 1. The number of anilines is 2. The molecular weight excluding hydrogens is 563 g/mol. The van der Waals surface area contributed by atoms with Crippen LogP contribution in [0.3, 0.4) is 0 Å². The lowest BCUT2D eigenvalue weighted by Gasteiger charge is -2.37. The summed E-state index contributed by atoms with van der Waals surface area (Å²) >= 11 is 6.23. The fraction of sp³-hybridized carbons (Fsp3) is 0.519. The van der Waals surface area contributed by atoms with Gasteiger partial charge in [-0.2, -0.15) is 22.8 Å². The summed E-state index contributed by atoms with van der Waals surface area (Å²) in [4.78, 5) is 24.2. The van der Waals surface area contributed by atoms with Crippen LogP contribution in [0.5, 0.6) is 5.75 Å². The summed E-state index contributed by atoms with van der Waals surface area (Å²) in [6.45, 7) is 0.864.